The molecule has 8 heteroatoms. The van der Waals surface area contributed by atoms with Crippen LogP contribution in [-0.4, -0.2) is 61.3 Å². The molecule has 3 rings (SSSR count). The van der Waals surface area contributed by atoms with Gasteiger partial charge in [-0.05, 0) is 26.3 Å². The van der Waals surface area contributed by atoms with Crippen LogP contribution in [-0.2, 0) is 17.9 Å². The van der Waals surface area contributed by atoms with Crippen molar-refractivity contribution in [3.05, 3.63) is 29.2 Å². The Morgan fingerprint density at radius 1 is 1.36 bits per heavy atom. The second-order valence-electron chi connectivity index (χ2n) is 6.77. The van der Waals surface area contributed by atoms with Gasteiger partial charge in [-0.3, -0.25) is 14.4 Å². The zero-order valence-electron chi connectivity index (χ0n) is 15.4. The third kappa shape index (κ3) is 4.25. The Morgan fingerprint density at radius 3 is 2.76 bits per heavy atom. The van der Waals surface area contributed by atoms with E-state index in [-0.39, 0.29) is 11.9 Å². The van der Waals surface area contributed by atoms with Crippen molar-refractivity contribution in [1.82, 2.24) is 29.7 Å². The second kappa shape index (κ2) is 7.35. The minimum atomic E-state index is 0.0489. The van der Waals surface area contributed by atoms with Gasteiger partial charge in [0.15, 0.2) is 5.82 Å². The molecule has 136 valence electrons. The van der Waals surface area contributed by atoms with E-state index in [1.165, 1.54) is 5.69 Å². The van der Waals surface area contributed by atoms with E-state index in [0.29, 0.717) is 18.3 Å². The number of hydrogen-bond acceptors (Lipinski definition) is 6. The Morgan fingerprint density at radius 2 is 2.16 bits per heavy atom. The highest BCUT2D eigenvalue weighted by molar-refractivity contribution is 5.73. The normalized spacial score (nSPS) is 18.0. The third-order valence-electron chi connectivity index (χ3n) is 4.71. The zero-order valence-corrected chi connectivity index (χ0v) is 15.4. The van der Waals surface area contributed by atoms with Crippen molar-refractivity contribution in [2.75, 3.05) is 19.6 Å². The van der Waals surface area contributed by atoms with Gasteiger partial charge in [0.1, 0.15) is 0 Å². The molecule has 1 unspecified atom stereocenters. The fourth-order valence-corrected chi connectivity index (χ4v) is 3.46. The van der Waals surface area contributed by atoms with E-state index < -0.39 is 0 Å². The lowest BCUT2D eigenvalue weighted by molar-refractivity contribution is -0.131. The molecule has 1 aliphatic rings. The molecule has 0 radical (unpaired) electrons. The molecular formula is C17H26N6O2. The number of hydrogen-bond donors (Lipinski definition) is 0. The highest BCUT2D eigenvalue weighted by Crippen LogP contribution is 2.18. The van der Waals surface area contributed by atoms with Gasteiger partial charge in [0.25, 0.3) is 0 Å². The van der Waals surface area contributed by atoms with E-state index in [9.17, 15) is 4.79 Å². The first kappa shape index (κ1) is 17.6. The Bertz CT molecular complexity index is 737. The molecule has 2 aromatic heterocycles. The summed E-state index contributed by atoms with van der Waals surface area (Å²) in [4.78, 5) is 20.5. The fourth-order valence-electron chi connectivity index (χ4n) is 3.46. The average molecular weight is 346 g/mol. The van der Waals surface area contributed by atoms with E-state index >= 15 is 0 Å². The molecule has 1 atom stereocenters. The lowest BCUT2D eigenvalue weighted by atomic mass is 10.2. The van der Waals surface area contributed by atoms with Crippen LogP contribution in [0.2, 0.25) is 0 Å². The maximum absolute atomic E-state index is 12.1. The van der Waals surface area contributed by atoms with Gasteiger partial charge in [-0.1, -0.05) is 5.16 Å². The van der Waals surface area contributed by atoms with Crippen molar-refractivity contribution in [1.29, 1.82) is 0 Å². The van der Waals surface area contributed by atoms with E-state index in [0.717, 1.165) is 38.3 Å². The van der Waals surface area contributed by atoms with E-state index in [2.05, 4.69) is 33.1 Å². The predicted octanol–water partition coefficient (Wildman–Crippen LogP) is 1.31. The van der Waals surface area contributed by atoms with Crippen molar-refractivity contribution in [2.24, 2.45) is 0 Å². The molecule has 0 spiro atoms. The Hall–Kier alpha value is -2.22. The quantitative estimate of drug-likeness (QED) is 0.785. The number of rotatable bonds is 6. The molecular weight excluding hydrogens is 320 g/mol. The van der Waals surface area contributed by atoms with Crippen LogP contribution in [0.4, 0.5) is 0 Å². The number of nitrogens with zero attached hydrogens (tertiary/aromatic N) is 6. The van der Waals surface area contributed by atoms with Crippen molar-refractivity contribution in [2.45, 2.75) is 53.2 Å². The highest BCUT2D eigenvalue weighted by Gasteiger charge is 2.30. The number of carbonyl (C=O) groups is 1. The monoisotopic (exact) mass is 346 g/mol. The third-order valence-corrected chi connectivity index (χ3v) is 4.71. The van der Waals surface area contributed by atoms with Gasteiger partial charge >= 0.3 is 0 Å². The number of aryl methyl sites for hydroxylation is 3. The van der Waals surface area contributed by atoms with Gasteiger partial charge in [0.2, 0.25) is 11.8 Å². The molecule has 0 saturated carbocycles. The summed E-state index contributed by atoms with van der Waals surface area (Å²) in [6.07, 6.45) is 0.966. The SMILES string of the molecule is CC(=O)N(Cc1noc(C)n1)C1CCN(CCn2nc(C)cc2C)C1. The van der Waals surface area contributed by atoms with Crippen LogP contribution < -0.4 is 0 Å². The van der Waals surface area contributed by atoms with Crippen LogP contribution in [0.3, 0.4) is 0 Å². The highest BCUT2D eigenvalue weighted by atomic mass is 16.5. The minimum Gasteiger partial charge on any atom is -0.340 e. The molecule has 8 nitrogen and oxygen atoms in total. The maximum Gasteiger partial charge on any atom is 0.223 e. The maximum atomic E-state index is 12.1. The van der Waals surface area contributed by atoms with Crippen LogP contribution in [0.1, 0.15) is 36.4 Å². The van der Waals surface area contributed by atoms with Crippen LogP contribution in [0, 0.1) is 20.8 Å². The van der Waals surface area contributed by atoms with Crippen LogP contribution in [0.5, 0.6) is 0 Å². The lowest BCUT2D eigenvalue weighted by Crippen LogP contribution is -2.40. The topological polar surface area (TPSA) is 80.3 Å². The zero-order chi connectivity index (χ0) is 18.0. The summed E-state index contributed by atoms with van der Waals surface area (Å²) in [5.74, 6) is 1.14. The summed E-state index contributed by atoms with van der Waals surface area (Å²) in [6, 6.07) is 2.29. The molecule has 1 saturated heterocycles. The van der Waals surface area contributed by atoms with E-state index in [4.69, 9.17) is 4.52 Å². The lowest BCUT2D eigenvalue weighted by Gasteiger charge is -2.27. The van der Waals surface area contributed by atoms with Crippen molar-refractivity contribution in [3.63, 3.8) is 0 Å². The average Bonchev–Trinajstić information content (AvgIpc) is 3.24. The summed E-state index contributed by atoms with van der Waals surface area (Å²) >= 11 is 0. The molecule has 0 bridgehead atoms. The Kier molecular flexibility index (Phi) is 5.17. The van der Waals surface area contributed by atoms with Crippen LogP contribution >= 0.6 is 0 Å². The molecule has 1 amide bonds. The van der Waals surface area contributed by atoms with Gasteiger partial charge in [0.05, 0.1) is 18.8 Å². The predicted molar refractivity (Wildman–Crippen MR) is 91.8 cm³/mol. The van der Waals surface area contributed by atoms with E-state index in [1.807, 2.05) is 16.5 Å². The number of amides is 1. The molecule has 0 N–H and O–H groups in total. The van der Waals surface area contributed by atoms with Crippen molar-refractivity contribution in [3.8, 4) is 0 Å². The molecule has 2 aromatic rings. The molecule has 1 aliphatic heterocycles. The van der Waals surface area contributed by atoms with Gasteiger partial charge in [-0.2, -0.15) is 10.1 Å². The standard InChI is InChI=1S/C17H26N6O2/c1-12-9-13(2)23(19-12)8-7-21-6-5-16(10-21)22(15(4)24)11-17-18-14(3)25-20-17/h9,16H,5-8,10-11H2,1-4H3. The summed E-state index contributed by atoms with van der Waals surface area (Å²) in [5.41, 5.74) is 2.24. The molecule has 3 heterocycles. The number of likely N-dealkylation sites (tertiary alicyclic amines) is 1. The van der Waals surface area contributed by atoms with Crippen LogP contribution in [0.25, 0.3) is 0 Å². The summed E-state index contributed by atoms with van der Waals surface area (Å²) in [6.45, 7) is 11.5. The first-order chi connectivity index (χ1) is 11.9. The molecule has 1 fully saturated rings. The smallest absolute Gasteiger partial charge is 0.223 e. The largest absolute Gasteiger partial charge is 0.340 e. The van der Waals surface area contributed by atoms with Crippen LogP contribution in [0.15, 0.2) is 10.6 Å². The summed E-state index contributed by atoms with van der Waals surface area (Å²) in [5, 5.41) is 8.42. The van der Waals surface area contributed by atoms with Gasteiger partial charge in [-0.25, -0.2) is 0 Å². The number of carbonyl (C=O) groups excluding carboxylic acids is 1. The Labute approximate surface area is 147 Å². The first-order valence-corrected chi connectivity index (χ1v) is 8.72. The minimum absolute atomic E-state index is 0.0489. The fraction of sp³-hybridized carbons (Fsp3) is 0.647. The first-order valence-electron chi connectivity index (χ1n) is 8.72. The summed E-state index contributed by atoms with van der Waals surface area (Å²) in [7, 11) is 0. The van der Waals surface area contributed by atoms with Crippen molar-refractivity contribution >= 4 is 5.91 Å². The Balaban J connectivity index is 1.56. The van der Waals surface area contributed by atoms with Gasteiger partial charge < -0.3 is 9.42 Å². The van der Waals surface area contributed by atoms with Gasteiger partial charge in [-0.15, -0.1) is 0 Å². The second-order valence-corrected chi connectivity index (χ2v) is 6.77. The van der Waals surface area contributed by atoms with E-state index in [1.54, 1.807) is 13.8 Å². The van der Waals surface area contributed by atoms with Gasteiger partial charge in [0, 0.05) is 45.2 Å². The molecule has 0 aromatic carbocycles. The molecule has 25 heavy (non-hydrogen) atoms. The summed E-state index contributed by atoms with van der Waals surface area (Å²) < 4.78 is 7.06. The van der Waals surface area contributed by atoms with Crippen molar-refractivity contribution < 1.29 is 9.32 Å². The number of aromatic nitrogens is 4. The molecule has 0 aliphatic carbocycles.